The van der Waals surface area contributed by atoms with Crippen molar-refractivity contribution in [3.8, 4) is 0 Å². The lowest BCUT2D eigenvalue weighted by Gasteiger charge is -2.16. The van der Waals surface area contributed by atoms with Crippen molar-refractivity contribution in [1.29, 1.82) is 0 Å². The molecule has 0 unspecified atom stereocenters. The SMILES string of the molecule is O=S(=O)(Nc1nc2ccccc2nc1NCCC1=CCCCC1)c1cc(Cl)ccc1Cl. The number of fused-ring (bicyclic) bond motifs is 1. The summed E-state index contributed by atoms with van der Waals surface area (Å²) in [5.41, 5.74) is 2.67. The number of aromatic nitrogens is 2. The zero-order valence-electron chi connectivity index (χ0n) is 16.7. The van der Waals surface area contributed by atoms with Gasteiger partial charge < -0.3 is 5.32 Å². The molecule has 1 aliphatic rings. The van der Waals surface area contributed by atoms with Crippen LogP contribution in [0, 0.1) is 0 Å². The zero-order chi connectivity index (χ0) is 21.8. The monoisotopic (exact) mass is 476 g/mol. The number of nitrogens with one attached hydrogen (secondary N) is 2. The molecule has 0 saturated heterocycles. The first-order chi connectivity index (χ1) is 14.9. The van der Waals surface area contributed by atoms with Gasteiger partial charge in [-0.1, -0.05) is 47.0 Å². The molecule has 0 spiro atoms. The third-order valence-corrected chi connectivity index (χ3v) is 7.16. The number of rotatable bonds is 7. The Morgan fingerprint density at radius 1 is 0.968 bits per heavy atom. The van der Waals surface area contributed by atoms with Crippen LogP contribution in [0.1, 0.15) is 32.1 Å². The van der Waals surface area contributed by atoms with Crippen LogP contribution in [-0.2, 0) is 10.0 Å². The lowest BCUT2D eigenvalue weighted by atomic mass is 9.97. The molecule has 2 aromatic carbocycles. The van der Waals surface area contributed by atoms with E-state index in [1.165, 1.54) is 36.6 Å². The van der Waals surface area contributed by atoms with Crippen molar-refractivity contribution >= 4 is 55.9 Å². The Balaban J connectivity index is 1.64. The van der Waals surface area contributed by atoms with E-state index in [1.807, 2.05) is 18.2 Å². The smallest absolute Gasteiger partial charge is 0.264 e. The van der Waals surface area contributed by atoms with Crippen LogP contribution in [0.25, 0.3) is 11.0 Å². The van der Waals surface area contributed by atoms with Crippen LogP contribution in [0.3, 0.4) is 0 Å². The van der Waals surface area contributed by atoms with Crippen LogP contribution >= 0.6 is 23.2 Å². The van der Waals surface area contributed by atoms with Crippen molar-refractivity contribution in [2.45, 2.75) is 37.0 Å². The van der Waals surface area contributed by atoms with Crippen molar-refractivity contribution in [3.63, 3.8) is 0 Å². The van der Waals surface area contributed by atoms with Crippen LogP contribution in [0.15, 0.2) is 59.0 Å². The van der Waals surface area contributed by atoms with Gasteiger partial charge >= 0.3 is 0 Å². The lowest BCUT2D eigenvalue weighted by molar-refractivity contribution is 0.601. The second kappa shape index (κ2) is 9.42. The molecule has 162 valence electrons. The quantitative estimate of drug-likeness (QED) is 0.406. The Labute approximate surface area is 191 Å². The first-order valence-corrected chi connectivity index (χ1v) is 12.3. The normalized spacial score (nSPS) is 14.3. The van der Waals surface area contributed by atoms with Crippen LogP contribution in [-0.4, -0.2) is 24.9 Å². The molecule has 31 heavy (non-hydrogen) atoms. The van der Waals surface area contributed by atoms with Crippen molar-refractivity contribution in [1.82, 2.24) is 9.97 Å². The van der Waals surface area contributed by atoms with Gasteiger partial charge in [0, 0.05) is 11.6 Å². The van der Waals surface area contributed by atoms with E-state index >= 15 is 0 Å². The molecule has 1 aliphatic carbocycles. The Hall–Kier alpha value is -2.35. The van der Waals surface area contributed by atoms with Gasteiger partial charge in [-0.25, -0.2) is 18.4 Å². The van der Waals surface area contributed by atoms with Crippen LogP contribution < -0.4 is 10.0 Å². The van der Waals surface area contributed by atoms with Gasteiger partial charge in [0.15, 0.2) is 11.6 Å². The molecule has 0 atom stereocenters. The number of benzene rings is 2. The molecule has 0 amide bonds. The fourth-order valence-electron chi connectivity index (χ4n) is 3.53. The summed E-state index contributed by atoms with van der Waals surface area (Å²) in [6, 6.07) is 11.6. The fraction of sp³-hybridized carbons (Fsp3) is 0.273. The summed E-state index contributed by atoms with van der Waals surface area (Å²) in [6.07, 6.45) is 7.86. The van der Waals surface area contributed by atoms with Crippen LogP contribution in [0.2, 0.25) is 10.0 Å². The number of hydrogen-bond donors (Lipinski definition) is 2. The number of halogens is 2. The minimum atomic E-state index is -4.02. The predicted octanol–water partition coefficient (Wildman–Crippen LogP) is 6.04. The summed E-state index contributed by atoms with van der Waals surface area (Å²) in [7, 11) is -4.02. The van der Waals surface area contributed by atoms with Crippen LogP contribution in [0.5, 0.6) is 0 Å². The highest BCUT2D eigenvalue weighted by molar-refractivity contribution is 7.92. The molecule has 1 heterocycles. The Morgan fingerprint density at radius 3 is 2.42 bits per heavy atom. The number of sulfonamides is 1. The summed E-state index contributed by atoms with van der Waals surface area (Å²) in [5.74, 6) is 0.490. The molecule has 0 bridgehead atoms. The molecule has 2 N–H and O–H groups in total. The van der Waals surface area contributed by atoms with Crippen molar-refractivity contribution in [2.24, 2.45) is 0 Å². The average Bonchev–Trinajstić information content (AvgIpc) is 2.76. The topological polar surface area (TPSA) is 84.0 Å². The van der Waals surface area contributed by atoms with E-state index in [0.717, 1.165) is 19.3 Å². The number of anilines is 2. The summed E-state index contributed by atoms with van der Waals surface area (Å²) in [4.78, 5) is 8.98. The largest absolute Gasteiger partial charge is 0.367 e. The van der Waals surface area contributed by atoms with E-state index in [2.05, 4.69) is 26.1 Å². The van der Waals surface area contributed by atoms with Crippen molar-refractivity contribution in [2.75, 3.05) is 16.6 Å². The molecule has 0 aliphatic heterocycles. The number of nitrogens with zero attached hydrogens (tertiary/aromatic N) is 2. The molecule has 0 fully saturated rings. The second-order valence-corrected chi connectivity index (χ2v) is 9.87. The van der Waals surface area contributed by atoms with Gasteiger partial charge in [0.1, 0.15) is 4.90 Å². The maximum Gasteiger partial charge on any atom is 0.264 e. The minimum absolute atomic E-state index is 0.0735. The van der Waals surface area contributed by atoms with Crippen molar-refractivity contribution in [3.05, 3.63) is 64.2 Å². The van der Waals surface area contributed by atoms with Crippen molar-refractivity contribution < 1.29 is 8.42 Å². The maximum atomic E-state index is 13.0. The van der Waals surface area contributed by atoms with E-state index in [0.29, 0.717) is 23.4 Å². The van der Waals surface area contributed by atoms with Gasteiger partial charge in [0.2, 0.25) is 0 Å². The summed E-state index contributed by atoms with van der Waals surface area (Å²) >= 11 is 12.1. The Morgan fingerprint density at radius 2 is 1.71 bits per heavy atom. The third kappa shape index (κ3) is 5.29. The van der Waals surface area contributed by atoms with Gasteiger partial charge in [0.25, 0.3) is 10.0 Å². The molecule has 0 saturated carbocycles. The summed E-state index contributed by atoms with van der Waals surface area (Å²) in [5, 5.41) is 3.60. The fourth-order valence-corrected chi connectivity index (χ4v) is 5.31. The lowest BCUT2D eigenvalue weighted by Crippen LogP contribution is -2.17. The number of para-hydroxylation sites is 2. The molecule has 3 aromatic rings. The predicted molar refractivity (Wildman–Crippen MR) is 126 cm³/mol. The third-order valence-electron chi connectivity index (χ3n) is 5.11. The highest BCUT2D eigenvalue weighted by Crippen LogP contribution is 2.29. The first-order valence-electron chi connectivity index (χ1n) is 10.1. The van der Waals surface area contributed by atoms with E-state index in [9.17, 15) is 8.42 Å². The highest BCUT2D eigenvalue weighted by Gasteiger charge is 2.22. The number of hydrogen-bond acceptors (Lipinski definition) is 5. The molecular weight excluding hydrogens is 455 g/mol. The minimum Gasteiger partial charge on any atom is -0.367 e. The molecule has 1 aromatic heterocycles. The van der Waals surface area contributed by atoms with Gasteiger partial charge in [-0.3, -0.25) is 4.72 Å². The standard InChI is InChI=1S/C22H22Cl2N4O2S/c23-16-10-11-17(24)20(14-16)31(29,30)28-22-21(25-13-12-15-6-2-1-3-7-15)26-18-8-4-5-9-19(18)27-22/h4-6,8-11,14H,1-3,7,12-13H2,(H,25,26)(H,27,28). The van der Waals surface area contributed by atoms with Gasteiger partial charge in [-0.05, 0) is 62.4 Å². The van der Waals surface area contributed by atoms with E-state index < -0.39 is 10.0 Å². The van der Waals surface area contributed by atoms with Gasteiger partial charge in [-0.2, -0.15) is 0 Å². The number of allylic oxidation sites excluding steroid dienone is 1. The van der Waals surface area contributed by atoms with E-state index in [4.69, 9.17) is 23.2 Å². The van der Waals surface area contributed by atoms with Crippen LogP contribution in [0.4, 0.5) is 11.6 Å². The second-order valence-electron chi connectivity index (χ2n) is 7.37. The average molecular weight is 477 g/mol. The first kappa shape index (κ1) is 21.9. The maximum absolute atomic E-state index is 13.0. The molecule has 6 nitrogen and oxygen atoms in total. The highest BCUT2D eigenvalue weighted by atomic mass is 35.5. The molecular formula is C22H22Cl2N4O2S. The van der Waals surface area contributed by atoms with E-state index in [-0.39, 0.29) is 20.8 Å². The Kier molecular flexibility index (Phi) is 6.65. The summed E-state index contributed by atoms with van der Waals surface area (Å²) in [6.45, 7) is 0.630. The Bertz CT molecular complexity index is 1250. The summed E-state index contributed by atoms with van der Waals surface area (Å²) < 4.78 is 28.6. The molecule has 9 heteroatoms. The van der Waals surface area contributed by atoms with Gasteiger partial charge in [0.05, 0.1) is 16.1 Å². The molecule has 0 radical (unpaired) electrons. The van der Waals surface area contributed by atoms with E-state index in [1.54, 1.807) is 6.07 Å². The molecule has 4 rings (SSSR count). The zero-order valence-corrected chi connectivity index (χ0v) is 19.1. The van der Waals surface area contributed by atoms with Gasteiger partial charge in [-0.15, -0.1) is 0 Å².